The van der Waals surface area contributed by atoms with E-state index < -0.39 is 17.5 Å². The Kier molecular flexibility index (Phi) is 5.66. The largest absolute Gasteiger partial charge is 0.494 e. The Hall–Kier alpha value is -3.41. The molecule has 0 fully saturated rings. The maximum absolute atomic E-state index is 13.2. The van der Waals surface area contributed by atoms with Crippen LogP contribution in [0.3, 0.4) is 0 Å². The molecule has 0 heterocycles. The first-order valence-electron chi connectivity index (χ1n) is 8.41. The number of halogens is 2. The Bertz CT molecular complexity index is 926. The third-order valence-corrected chi connectivity index (χ3v) is 3.78. The molecule has 0 aromatic heterocycles. The Morgan fingerprint density at radius 1 is 0.852 bits per heavy atom. The molecule has 0 aliphatic rings. The summed E-state index contributed by atoms with van der Waals surface area (Å²) >= 11 is 0. The van der Waals surface area contributed by atoms with Gasteiger partial charge in [-0.2, -0.15) is 0 Å². The summed E-state index contributed by atoms with van der Waals surface area (Å²) in [6, 6.07) is 17.6. The zero-order chi connectivity index (χ0) is 19.2. The van der Waals surface area contributed by atoms with Crippen LogP contribution in [0.2, 0.25) is 0 Å². The topological polar surface area (TPSA) is 50.4 Å². The highest BCUT2D eigenvalue weighted by Gasteiger charge is 2.10. The number of nitrogens with one attached hydrogen (secondary N) is 2. The number of rotatable bonds is 6. The smallest absolute Gasteiger partial charge is 0.255 e. The SMILES string of the molecule is CCOc1ccc(Nc2ccc(NC(=O)c3ccc(F)c(F)c3)cc2)cc1. The molecule has 0 bridgehead atoms. The Morgan fingerprint density at radius 2 is 1.44 bits per heavy atom. The molecule has 0 saturated heterocycles. The van der Waals surface area contributed by atoms with Crippen LogP contribution in [0, 0.1) is 11.6 Å². The van der Waals surface area contributed by atoms with Crippen LogP contribution in [0.15, 0.2) is 66.7 Å². The lowest BCUT2D eigenvalue weighted by atomic mass is 10.2. The van der Waals surface area contributed by atoms with Gasteiger partial charge in [0.1, 0.15) is 5.75 Å². The zero-order valence-electron chi connectivity index (χ0n) is 14.6. The minimum Gasteiger partial charge on any atom is -0.494 e. The maximum Gasteiger partial charge on any atom is 0.255 e. The molecule has 0 spiro atoms. The molecule has 4 nitrogen and oxygen atoms in total. The Labute approximate surface area is 155 Å². The third kappa shape index (κ3) is 4.82. The quantitative estimate of drug-likeness (QED) is 0.616. The fraction of sp³-hybridized carbons (Fsp3) is 0.0952. The number of ether oxygens (including phenoxy) is 1. The van der Waals surface area contributed by atoms with Crippen molar-refractivity contribution in [2.45, 2.75) is 6.92 Å². The second-order valence-corrected chi connectivity index (χ2v) is 5.74. The zero-order valence-corrected chi connectivity index (χ0v) is 14.6. The van der Waals surface area contributed by atoms with Crippen LogP contribution in [0.25, 0.3) is 0 Å². The van der Waals surface area contributed by atoms with Gasteiger partial charge in [-0.05, 0) is 73.7 Å². The molecule has 138 valence electrons. The van der Waals surface area contributed by atoms with Crippen LogP contribution in [0.1, 0.15) is 17.3 Å². The van der Waals surface area contributed by atoms with Crippen LogP contribution in [-0.4, -0.2) is 12.5 Å². The Balaban J connectivity index is 1.62. The van der Waals surface area contributed by atoms with Crippen molar-refractivity contribution in [2.75, 3.05) is 17.2 Å². The molecule has 0 saturated carbocycles. The summed E-state index contributed by atoms with van der Waals surface area (Å²) in [5.41, 5.74) is 2.33. The van der Waals surface area contributed by atoms with E-state index in [9.17, 15) is 13.6 Å². The molecule has 0 unspecified atom stereocenters. The van der Waals surface area contributed by atoms with Gasteiger partial charge in [0.2, 0.25) is 0 Å². The second kappa shape index (κ2) is 8.31. The van der Waals surface area contributed by atoms with Crippen LogP contribution in [0.5, 0.6) is 5.75 Å². The normalized spacial score (nSPS) is 10.3. The molecule has 6 heteroatoms. The summed E-state index contributed by atoms with van der Waals surface area (Å²) < 4.78 is 31.6. The summed E-state index contributed by atoms with van der Waals surface area (Å²) in [6.07, 6.45) is 0. The first-order chi connectivity index (χ1) is 13.0. The molecular weight excluding hydrogens is 350 g/mol. The van der Waals surface area contributed by atoms with Gasteiger partial charge in [0, 0.05) is 22.6 Å². The molecule has 0 atom stereocenters. The fourth-order valence-corrected chi connectivity index (χ4v) is 2.45. The van der Waals surface area contributed by atoms with Gasteiger partial charge in [-0.3, -0.25) is 4.79 Å². The van der Waals surface area contributed by atoms with Crippen LogP contribution in [0.4, 0.5) is 25.8 Å². The van der Waals surface area contributed by atoms with Gasteiger partial charge in [-0.1, -0.05) is 0 Å². The van der Waals surface area contributed by atoms with Crippen LogP contribution < -0.4 is 15.4 Å². The standard InChI is InChI=1S/C21H18F2N2O2/c1-2-27-18-10-8-16(9-11-18)24-15-4-6-17(7-5-15)25-21(26)14-3-12-19(22)20(23)13-14/h3-13,24H,2H2,1H3,(H,25,26). The lowest BCUT2D eigenvalue weighted by molar-refractivity contribution is 0.102. The second-order valence-electron chi connectivity index (χ2n) is 5.74. The molecule has 0 aliphatic heterocycles. The van der Waals surface area contributed by atoms with E-state index >= 15 is 0 Å². The van der Waals surface area contributed by atoms with Crippen molar-refractivity contribution < 1.29 is 18.3 Å². The number of amides is 1. The lowest BCUT2D eigenvalue weighted by Crippen LogP contribution is -2.12. The molecule has 2 N–H and O–H groups in total. The predicted octanol–water partition coefficient (Wildman–Crippen LogP) is 5.36. The lowest BCUT2D eigenvalue weighted by Gasteiger charge is -2.10. The highest BCUT2D eigenvalue weighted by molar-refractivity contribution is 6.04. The van der Waals surface area contributed by atoms with E-state index in [-0.39, 0.29) is 5.56 Å². The van der Waals surface area contributed by atoms with Crippen molar-refractivity contribution in [3.8, 4) is 5.75 Å². The average Bonchev–Trinajstić information content (AvgIpc) is 2.67. The minimum absolute atomic E-state index is 0.0467. The van der Waals surface area contributed by atoms with E-state index in [0.29, 0.717) is 12.3 Å². The van der Waals surface area contributed by atoms with Gasteiger partial charge in [0.25, 0.3) is 5.91 Å². The van der Waals surface area contributed by atoms with Crippen molar-refractivity contribution in [3.05, 3.63) is 83.9 Å². The monoisotopic (exact) mass is 368 g/mol. The number of anilines is 3. The summed E-state index contributed by atoms with van der Waals surface area (Å²) in [5.74, 6) is -1.76. The molecule has 3 rings (SSSR count). The predicted molar refractivity (Wildman–Crippen MR) is 102 cm³/mol. The van der Waals surface area contributed by atoms with Crippen molar-refractivity contribution in [1.82, 2.24) is 0 Å². The van der Waals surface area contributed by atoms with Gasteiger partial charge >= 0.3 is 0 Å². The van der Waals surface area contributed by atoms with Crippen molar-refractivity contribution >= 4 is 23.0 Å². The number of carbonyl (C=O) groups is 1. The minimum atomic E-state index is -1.06. The Morgan fingerprint density at radius 3 is 2.04 bits per heavy atom. The molecule has 1 amide bonds. The molecule has 0 radical (unpaired) electrons. The van der Waals surface area contributed by atoms with Crippen LogP contribution >= 0.6 is 0 Å². The molecule has 3 aromatic rings. The highest BCUT2D eigenvalue weighted by Crippen LogP contribution is 2.22. The van der Waals surface area contributed by atoms with Crippen molar-refractivity contribution in [1.29, 1.82) is 0 Å². The average molecular weight is 368 g/mol. The van der Waals surface area contributed by atoms with E-state index in [1.807, 2.05) is 31.2 Å². The highest BCUT2D eigenvalue weighted by atomic mass is 19.2. The summed E-state index contributed by atoms with van der Waals surface area (Å²) in [4.78, 5) is 12.1. The van der Waals surface area contributed by atoms with Gasteiger partial charge in [0.05, 0.1) is 6.61 Å². The van der Waals surface area contributed by atoms with Crippen molar-refractivity contribution in [3.63, 3.8) is 0 Å². The van der Waals surface area contributed by atoms with Gasteiger partial charge in [-0.25, -0.2) is 8.78 Å². The van der Waals surface area contributed by atoms with E-state index in [2.05, 4.69) is 10.6 Å². The first kappa shape index (κ1) is 18.4. The van der Waals surface area contributed by atoms with E-state index in [4.69, 9.17) is 4.74 Å². The number of carbonyl (C=O) groups excluding carboxylic acids is 1. The number of hydrogen-bond donors (Lipinski definition) is 2. The van der Waals surface area contributed by atoms with E-state index in [1.165, 1.54) is 6.07 Å². The molecular formula is C21H18F2N2O2. The first-order valence-corrected chi connectivity index (χ1v) is 8.41. The fourth-order valence-electron chi connectivity index (χ4n) is 2.45. The van der Waals surface area contributed by atoms with E-state index in [1.54, 1.807) is 24.3 Å². The maximum atomic E-state index is 13.2. The molecule has 0 aliphatic carbocycles. The van der Waals surface area contributed by atoms with Gasteiger partial charge in [0.15, 0.2) is 11.6 Å². The van der Waals surface area contributed by atoms with Gasteiger partial charge < -0.3 is 15.4 Å². The third-order valence-electron chi connectivity index (χ3n) is 3.78. The molecule has 27 heavy (non-hydrogen) atoms. The van der Waals surface area contributed by atoms with Gasteiger partial charge in [-0.15, -0.1) is 0 Å². The summed E-state index contributed by atoms with van der Waals surface area (Å²) in [7, 11) is 0. The van der Waals surface area contributed by atoms with E-state index in [0.717, 1.165) is 29.3 Å². The van der Waals surface area contributed by atoms with Crippen LogP contribution in [-0.2, 0) is 0 Å². The van der Waals surface area contributed by atoms with Crippen molar-refractivity contribution in [2.24, 2.45) is 0 Å². The number of benzene rings is 3. The summed E-state index contributed by atoms with van der Waals surface area (Å²) in [5, 5.41) is 5.88. The molecule has 3 aromatic carbocycles. The number of hydrogen-bond acceptors (Lipinski definition) is 3. The summed E-state index contributed by atoms with van der Waals surface area (Å²) in [6.45, 7) is 2.55.